The van der Waals surface area contributed by atoms with Crippen LogP contribution in [0.5, 0.6) is 0 Å². The number of hydrogen-bond donors (Lipinski definition) is 0. The van der Waals surface area contributed by atoms with E-state index in [0.717, 1.165) is 31.4 Å². The van der Waals surface area contributed by atoms with E-state index in [0.29, 0.717) is 37.3 Å². The Morgan fingerprint density at radius 1 is 0.853 bits per heavy atom. The molecule has 0 radical (unpaired) electrons. The number of para-hydroxylation sites is 1. The Morgan fingerprint density at radius 3 is 2.09 bits per heavy atom. The van der Waals surface area contributed by atoms with Crippen LogP contribution in [0.15, 0.2) is 53.4 Å². The van der Waals surface area contributed by atoms with Crippen LogP contribution in [0.1, 0.15) is 36.8 Å². The van der Waals surface area contributed by atoms with Gasteiger partial charge in [-0.25, -0.2) is 8.42 Å². The van der Waals surface area contributed by atoms with Crippen molar-refractivity contribution in [3.8, 4) is 0 Å². The highest BCUT2D eigenvalue weighted by Crippen LogP contribution is 2.38. The minimum atomic E-state index is -3.68. The lowest BCUT2D eigenvalue weighted by molar-refractivity contribution is -0.140. The van der Waals surface area contributed by atoms with Crippen molar-refractivity contribution in [1.82, 2.24) is 9.21 Å². The van der Waals surface area contributed by atoms with Crippen LogP contribution in [-0.2, 0) is 26.2 Å². The molecule has 2 atom stereocenters. The molecule has 0 N–H and O–H groups in total. The van der Waals surface area contributed by atoms with Crippen LogP contribution in [-0.4, -0.2) is 55.6 Å². The Balaban J connectivity index is 1.32. The van der Waals surface area contributed by atoms with Crippen molar-refractivity contribution in [3.05, 3.63) is 59.7 Å². The number of rotatable bonds is 5. The molecule has 7 nitrogen and oxygen atoms in total. The molecule has 5 rings (SSSR count). The van der Waals surface area contributed by atoms with Crippen molar-refractivity contribution in [2.24, 2.45) is 11.8 Å². The van der Waals surface area contributed by atoms with Gasteiger partial charge in [0, 0.05) is 31.9 Å². The number of sulfonamides is 1. The van der Waals surface area contributed by atoms with Gasteiger partial charge in [0.25, 0.3) is 0 Å². The van der Waals surface area contributed by atoms with Gasteiger partial charge in [-0.05, 0) is 49.1 Å². The molecule has 0 aromatic heterocycles. The molecular formula is C26H31N3O4S. The van der Waals surface area contributed by atoms with Crippen molar-refractivity contribution < 1.29 is 18.0 Å². The van der Waals surface area contributed by atoms with Gasteiger partial charge in [-0.2, -0.15) is 4.31 Å². The Kier molecular flexibility index (Phi) is 6.20. The van der Waals surface area contributed by atoms with E-state index in [1.54, 1.807) is 23.4 Å². The maximum atomic E-state index is 13.5. The number of aryl methyl sites for hydroxylation is 1. The minimum absolute atomic E-state index is 0.100. The number of carbonyl (C=O) groups excluding carboxylic acids is 2. The quantitative estimate of drug-likeness (QED) is 0.613. The van der Waals surface area contributed by atoms with E-state index in [1.807, 2.05) is 36.4 Å². The lowest BCUT2D eigenvalue weighted by atomic mass is 9.81. The first kappa shape index (κ1) is 23.1. The molecule has 180 valence electrons. The highest BCUT2D eigenvalue weighted by molar-refractivity contribution is 7.89. The summed E-state index contributed by atoms with van der Waals surface area (Å²) in [5.41, 5.74) is 2.44. The SMILES string of the molecule is Cc1ccc(CN2C(=O)C3CCCCC3C2=O)cc1S(=O)(=O)N1CCN(c2ccccc2)CC1. The molecule has 2 aromatic rings. The lowest BCUT2D eigenvalue weighted by Crippen LogP contribution is -2.48. The maximum Gasteiger partial charge on any atom is 0.243 e. The lowest BCUT2D eigenvalue weighted by Gasteiger charge is -2.35. The third-order valence-electron chi connectivity index (χ3n) is 7.50. The summed E-state index contributed by atoms with van der Waals surface area (Å²) in [6.45, 7) is 4.00. The normalized spacial score (nSPS) is 23.9. The van der Waals surface area contributed by atoms with Crippen LogP contribution in [0.25, 0.3) is 0 Å². The third kappa shape index (κ3) is 4.14. The van der Waals surface area contributed by atoms with Gasteiger partial charge in [0.15, 0.2) is 0 Å². The molecule has 2 saturated heterocycles. The average Bonchev–Trinajstić information content (AvgIpc) is 3.10. The van der Waals surface area contributed by atoms with E-state index in [2.05, 4.69) is 4.90 Å². The van der Waals surface area contributed by atoms with Gasteiger partial charge in [0.2, 0.25) is 21.8 Å². The minimum Gasteiger partial charge on any atom is -0.369 e. The van der Waals surface area contributed by atoms with E-state index in [4.69, 9.17) is 0 Å². The van der Waals surface area contributed by atoms with Crippen molar-refractivity contribution in [2.45, 2.75) is 44.0 Å². The summed E-state index contributed by atoms with van der Waals surface area (Å²) in [7, 11) is -3.68. The van der Waals surface area contributed by atoms with Gasteiger partial charge in [-0.15, -0.1) is 0 Å². The molecule has 2 unspecified atom stereocenters. The zero-order valence-electron chi connectivity index (χ0n) is 19.5. The van der Waals surface area contributed by atoms with Crippen molar-refractivity contribution in [2.75, 3.05) is 31.1 Å². The first-order chi connectivity index (χ1) is 16.4. The van der Waals surface area contributed by atoms with Gasteiger partial charge < -0.3 is 4.90 Å². The van der Waals surface area contributed by atoms with E-state index < -0.39 is 10.0 Å². The fourth-order valence-electron chi connectivity index (χ4n) is 5.55. The monoisotopic (exact) mass is 481 g/mol. The number of imide groups is 1. The molecule has 2 heterocycles. The molecule has 2 aromatic carbocycles. The molecule has 34 heavy (non-hydrogen) atoms. The second-order valence-corrected chi connectivity index (χ2v) is 11.5. The van der Waals surface area contributed by atoms with Gasteiger partial charge in [-0.3, -0.25) is 14.5 Å². The fraction of sp³-hybridized carbons (Fsp3) is 0.462. The van der Waals surface area contributed by atoms with E-state index in [9.17, 15) is 18.0 Å². The van der Waals surface area contributed by atoms with E-state index >= 15 is 0 Å². The highest BCUT2D eigenvalue weighted by Gasteiger charge is 2.48. The predicted octanol–water partition coefficient (Wildman–Crippen LogP) is 3.18. The molecule has 0 spiro atoms. The summed E-state index contributed by atoms with van der Waals surface area (Å²) in [4.78, 5) is 29.5. The first-order valence-corrected chi connectivity index (χ1v) is 13.5. The molecule has 3 fully saturated rings. The number of amides is 2. The third-order valence-corrected chi connectivity index (χ3v) is 9.54. The summed E-state index contributed by atoms with van der Waals surface area (Å²) >= 11 is 0. The molecule has 3 aliphatic rings. The summed E-state index contributed by atoms with van der Waals surface area (Å²) in [5.74, 6) is -0.597. The zero-order chi connectivity index (χ0) is 23.9. The standard InChI is InChI=1S/C26H31N3O4S/c1-19-11-12-20(18-29-25(30)22-9-5-6-10-23(22)26(29)31)17-24(19)34(32,33)28-15-13-27(14-16-28)21-7-3-2-4-8-21/h2-4,7-8,11-12,17,22-23H,5-6,9-10,13-16,18H2,1H3. The van der Waals surface area contributed by atoms with Crippen molar-refractivity contribution in [1.29, 1.82) is 0 Å². The van der Waals surface area contributed by atoms with Crippen LogP contribution >= 0.6 is 0 Å². The highest BCUT2D eigenvalue weighted by atomic mass is 32.2. The Labute approximate surface area is 201 Å². The number of anilines is 1. The molecule has 1 saturated carbocycles. The topological polar surface area (TPSA) is 78.0 Å². The fourth-order valence-corrected chi connectivity index (χ4v) is 7.25. The number of fused-ring (bicyclic) bond motifs is 1. The number of nitrogens with zero attached hydrogens (tertiary/aromatic N) is 3. The van der Waals surface area contributed by atoms with E-state index in [1.165, 1.54) is 4.90 Å². The van der Waals surface area contributed by atoms with Gasteiger partial charge in [-0.1, -0.05) is 43.2 Å². The van der Waals surface area contributed by atoms with Crippen LogP contribution in [0.2, 0.25) is 0 Å². The number of carbonyl (C=O) groups is 2. The average molecular weight is 482 g/mol. The summed E-state index contributed by atoms with van der Waals surface area (Å²) in [5, 5.41) is 0. The van der Waals surface area contributed by atoms with Gasteiger partial charge in [0.1, 0.15) is 0 Å². The van der Waals surface area contributed by atoms with Crippen molar-refractivity contribution >= 4 is 27.5 Å². The summed E-state index contributed by atoms with van der Waals surface area (Å²) in [6.07, 6.45) is 3.51. The maximum absolute atomic E-state index is 13.5. The second kappa shape index (κ2) is 9.15. The van der Waals surface area contributed by atoms with Crippen LogP contribution < -0.4 is 4.90 Å². The Morgan fingerprint density at radius 2 is 1.47 bits per heavy atom. The van der Waals surface area contributed by atoms with Crippen LogP contribution in [0.3, 0.4) is 0 Å². The second-order valence-electron chi connectivity index (χ2n) is 9.59. The van der Waals surface area contributed by atoms with Crippen molar-refractivity contribution in [3.63, 3.8) is 0 Å². The molecule has 0 bridgehead atoms. The number of likely N-dealkylation sites (tertiary alicyclic amines) is 1. The molecular weight excluding hydrogens is 450 g/mol. The summed E-state index contributed by atoms with van der Waals surface area (Å²) < 4.78 is 28.6. The smallest absolute Gasteiger partial charge is 0.243 e. The predicted molar refractivity (Wildman–Crippen MR) is 130 cm³/mol. The van der Waals surface area contributed by atoms with Gasteiger partial charge in [0.05, 0.1) is 23.3 Å². The molecule has 2 amide bonds. The molecule has 2 aliphatic heterocycles. The number of hydrogen-bond acceptors (Lipinski definition) is 5. The molecule has 8 heteroatoms. The Hall–Kier alpha value is -2.71. The first-order valence-electron chi connectivity index (χ1n) is 12.1. The van der Waals surface area contributed by atoms with Crippen LogP contribution in [0, 0.1) is 18.8 Å². The largest absolute Gasteiger partial charge is 0.369 e. The van der Waals surface area contributed by atoms with Gasteiger partial charge >= 0.3 is 0 Å². The van der Waals surface area contributed by atoms with E-state index in [-0.39, 0.29) is 35.1 Å². The summed E-state index contributed by atoms with van der Waals surface area (Å²) in [6, 6.07) is 15.3. The van der Waals surface area contributed by atoms with Crippen LogP contribution in [0.4, 0.5) is 5.69 Å². The molecule has 1 aliphatic carbocycles. The number of piperazine rings is 1. The number of benzene rings is 2. The zero-order valence-corrected chi connectivity index (χ0v) is 20.3. The Bertz CT molecular complexity index is 1170.